The number of carbonyl (C=O) groups excluding carboxylic acids is 1. The van der Waals surface area contributed by atoms with E-state index in [4.69, 9.17) is 5.73 Å². The third kappa shape index (κ3) is 6.29. The predicted molar refractivity (Wildman–Crippen MR) is 81.3 cm³/mol. The summed E-state index contributed by atoms with van der Waals surface area (Å²) in [5.74, 6) is 1.63. The molecule has 1 aromatic rings. The van der Waals surface area contributed by atoms with Crippen LogP contribution in [-0.4, -0.2) is 17.4 Å². The molecule has 0 fully saturated rings. The number of alkyl halides is 3. The van der Waals surface area contributed by atoms with Gasteiger partial charge < -0.3 is 11.1 Å². The molecular weight excluding hydrogens is 301 g/mol. The summed E-state index contributed by atoms with van der Waals surface area (Å²) in [6, 6.07) is 3.38. The quantitative estimate of drug-likeness (QED) is 0.586. The van der Waals surface area contributed by atoms with E-state index in [1.54, 1.807) is 11.8 Å². The van der Waals surface area contributed by atoms with Gasteiger partial charge in [-0.15, -0.1) is 0 Å². The molecule has 0 spiro atoms. The Morgan fingerprint density at radius 2 is 2.05 bits per heavy atom. The van der Waals surface area contributed by atoms with E-state index >= 15 is 0 Å². The van der Waals surface area contributed by atoms with E-state index in [0.29, 0.717) is 12.8 Å². The van der Waals surface area contributed by atoms with Gasteiger partial charge in [0.1, 0.15) is 0 Å². The molecular formula is C14H19F3N2OS. The largest absolute Gasteiger partial charge is 0.418 e. The summed E-state index contributed by atoms with van der Waals surface area (Å²) in [5.41, 5.74) is 4.13. The van der Waals surface area contributed by atoms with Crippen LogP contribution in [0.4, 0.5) is 24.5 Å². The maximum Gasteiger partial charge on any atom is 0.418 e. The highest BCUT2D eigenvalue weighted by Gasteiger charge is 2.33. The van der Waals surface area contributed by atoms with Crippen molar-refractivity contribution in [2.45, 2.75) is 32.4 Å². The molecule has 0 saturated carbocycles. The highest BCUT2D eigenvalue weighted by atomic mass is 32.2. The number of anilines is 2. The van der Waals surface area contributed by atoms with Gasteiger partial charge in [-0.2, -0.15) is 24.9 Å². The van der Waals surface area contributed by atoms with Crippen molar-refractivity contribution in [2.75, 3.05) is 22.6 Å². The molecule has 0 bridgehead atoms. The fourth-order valence-corrected chi connectivity index (χ4v) is 2.53. The molecule has 1 aromatic carbocycles. The molecule has 3 nitrogen and oxygen atoms in total. The number of halogens is 3. The van der Waals surface area contributed by atoms with Crippen LogP contribution in [0.3, 0.4) is 0 Å². The zero-order valence-electron chi connectivity index (χ0n) is 11.8. The fourth-order valence-electron chi connectivity index (χ4n) is 1.68. The molecule has 0 aromatic heterocycles. The first kappa shape index (κ1) is 17.7. The summed E-state index contributed by atoms with van der Waals surface area (Å²) >= 11 is 1.76. The van der Waals surface area contributed by atoms with Crippen LogP contribution in [0.2, 0.25) is 0 Å². The van der Waals surface area contributed by atoms with Gasteiger partial charge in [0, 0.05) is 17.8 Å². The Morgan fingerprint density at radius 1 is 1.33 bits per heavy atom. The number of thioether (sulfide) groups is 1. The van der Waals surface area contributed by atoms with Gasteiger partial charge in [0.2, 0.25) is 5.91 Å². The molecule has 0 aliphatic rings. The summed E-state index contributed by atoms with van der Waals surface area (Å²) in [6.45, 7) is 2.08. The normalized spacial score (nSPS) is 11.4. The van der Waals surface area contributed by atoms with Crippen molar-refractivity contribution in [1.29, 1.82) is 0 Å². The van der Waals surface area contributed by atoms with E-state index in [0.717, 1.165) is 30.1 Å². The van der Waals surface area contributed by atoms with E-state index in [1.807, 2.05) is 0 Å². The number of nitrogen functional groups attached to an aromatic ring is 1. The maximum absolute atomic E-state index is 12.7. The topological polar surface area (TPSA) is 55.1 Å². The zero-order valence-corrected chi connectivity index (χ0v) is 12.6. The Kier molecular flexibility index (Phi) is 6.87. The molecule has 0 aliphatic heterocycles. The third-order valence-corrected chi connectivity index (χ3v) is 3.96. The van der Waals surface area contributed by atoms with Crippen molar-refractivity contribution >= 4 is 29.0 Å². The third-order valence-electron chi connectivity index (χ3n) is 2.68. The molecule has 118 valence electrons. The average Bonchev–Trinajstić information content (AvgIpc) is 2.39. The average molecular weight is 320 g/mol. The Labute approximate surface area is 126 Å². The monoisotopic (exact) mass is 320 g/mol. The van der Waals surface area contributed by atoms with Crippen LogP contribution in [0.1, 0.15) is 31.7 Å². The number of benzene rings is 1. The van der Waals surface area contributed by atoms with E-state index in [9.17, 15) is 18.0 Å². The van der Waals surface area contributed by atoms with Crippen molar-refractivity contribution in [3.05, 3.63) is 23.8 Å². The summed E-state index contributed by atoms with van der Waals surface area (Å²) < 4.78 is 38.1. The van der Waals surface area contributed by atoms with Gasteiger partial charge in [-0.3, -0.25) is 4.79 Å². The highest BCUT2D eigenvalue weighted by molar-refractivity contribution is 7.99. The molecule has 0 heterocycles. The smallest absolute Gasteiger partial charge is 0.398 e. The first-order valence-electron chi connectivity index (χ1n) is 6.69. The van der Waals surface area contributed by atoms with Gasteiger partial charge in [0.15, 0.2) is 0 Å². The number of nitrogens with one attached hydrogen (secondary N) is 1. The molecule has 1 rings (SSSR count). The van der Waals surface area contributed by atoms with Gasteiger partial charge in [-0.05, 0) is 42.5 Å². The number of nitrogens with two attached hydrogens (primary N) is 1. The van der Waals surface area contributed by atoms with Crippen LogP contribution in [0.25, 0.3) is 0 Å². The minimum absolute atomic E-state index is 0.114. The van der Waals surface area contributed by atoms with Gasteiger partial charge in [-0.25, -0.2) is 0 Å². The molecule has 7 heteroatoms. The van der Waals surface area contributed by atoms with Crippen LogP contribution < -0.4 is 11.1 Å². The molecule has 21 heavy (non-hydrogen) atoms. The molecule has 0 saturated heterocycles. The molecule has 0 radical (unpaired) electrons. The molecule has 0 atom stereocenters. The van der Waals surface area contributed by atoms with Crippen LogP contribution >= 0.6 is 11.8 Å². The lowest BCUT2D eigenvalue weighted by molar-refractivity contribution is -0.136. The highest BCUT2D eigenvalue weighted by Crippen LogP contribution is 2.35. The van der Waals surface area contributed by atoms with E-state index < -0.39 is 11.7 Å². The second kappa shape index (κ2) is 8.17. The number of rotatable bonds is 7. The van der Waals surface area contributed by atoms with Gasteiger partial charge in [-0.1, -0.05) is 6.92 Å². The molecule has 1 amide bonds. The van der Waals surface area contributed by atoms with Gasteiger partial charge in [0.25, 0.3) is 0 Å². The minimum atomic E-state index is -4.53. The summed E-state index contributed by atoms with van der Waals surface area (Å²) in [5, 5.41) is 2.47. The van der Waals surface area contributed by atoms with Crippen LogP contribution in [0, 0.1) is 0 Å². The van der Waals surface area contributed by atoms with Crippen molar-refractivity contribution in [2.24, 2.45) is 0 Å². The number of carbonyl (C=O) groups is 1. The summed E-state index contributed by atoms with van der Waals surface area (Å²) in [6.07, 6.45) is -2.44. The lowest BCUT2D eigenvalue weighted by atomic mass is 10.1. The van der Waals surface area contributed by atoms with E-state index in [-0.39, 0.29) is 17.3 Å². The number of hydrogen-bond acceptors (Lipinski definition) is 3. The van der Waals surface area contributed by atoms with E-state index in [1.165, 1.54) is 6.07 Å². The van der Waals surface area contributed by atoms with Crippen molar-refractivity contribution in [3.8, 4) is 0 Å². The first-order valence-corrected chi connectivity index (χ1v) is 7.84. The van der Waals surface area contributed by atoms with Gasteiger partial charge >= 0.3 is 6.18 Å². The first-order chi connectivity index (χ1) is 9.84. The fraction of sp³-hybridized carbons (Fsp3) is 0.500. The summed E-state index contributed by atoms with van der Waals surface area (Å²) in [7, 11) is 0. The minimum Gasteiger partial charge on any atom is -0.398 e. The molecule has 0 aliphatic carbocycles. The Bertz CT molecular complexity index is 478. The number of hydrogen-bond donors (Lipinski definition) is 2. The predicted octanol–water partition coefficient (Wildman–Crippen LogP) is 4.15. The molecule has 0 unspecified atom stereocenters. The zero-order chi connectivity index (χ0) is 15.9. The SMILES string of the molecule is CCCSCCCC(=O)Nc1ccc(N)c(C(F)(F)F)c1. The lowest BCUT2D eigenvalue weighted by Gasteiger charge is -2.12. The Balaban J connectivity index is 2.53. The maximum atomic E-state index is 12.7. The Morgan fingerprint density at radius 3 is 2.67 bits per heavy atom. The van der Waals surface area contributed by atoms with Crippen molar-refractivity contribution in [1.82, 2.24) is 0 Å². The second-order valence-corrected chi connectivity index (χ2v) is 5.79. The molecule has 3 N–H and O–H groups in total. The van der Waals surface area contributed by atoms with Crippen LogP contribution in [-0.2, 0) is 11.0 Å². The second-order valence-electron chi connectivity index (χ2n) is 4.56. The lowest BCUT2D eigenvalue weighted by Crippen LogP contribution is -2.14. The van der Waals surface area contributed by atoms with Crippen LogP contribution in [0.5, 0.6) is 0 Å². The number of amides is 1. The van der Waals surface area contributed by atoms with Crippen molar-refractivity contribution in [3.63, 3.8) is 0 Å². The van der Waals surface area contributed by atoms with Gasteiger partial charge in [0.05, 0.1) is 5.56 Å². The van der Waals surface area contributed by atoms with Crippen LogP contribution in [0.15, 0.2) is 18.2 Å². The van der Waals surface area contributed by atoms with Crippen molar-refractivity contribution < 1.29 is 18.0 Å². The standard InChI is InChI=1S/C14H19F3N2OS/c1-2-7-21-8-3-4-13(20)19-10-5-6-12(18)11(9-10)14(15,16)17/h5-6,9H,2-4,7-8,18H2,1H3,(H,19,20). The summed E-state index contributed by atoms with van der Waals surface area (Å²) in [4.78, 5) is 11.7. The van der Waals surface area contributed by atoms with E-state index in [2.05, 4.69) is 12.2 Å². The Hall–Kier alpha value is -1.37.